The van der Waals surface area contributed by atoms with Crippen molar-refractivity contribution in [3.8, 4) is 5.75 Å². The van der Waals surface area contributed by atoms with E-state index in [1.165, 1.54) is 29.9 Å². The Balaban J connectivity index is 1.93. The summed E-state index contributed by atoms with van der Waals surface area (Å²) < 4.78 is 6.17. The molecule has 1 aromatic rings. The van der Waals surface area contributed by atoms with Gasteiger partial charge in [-0.2, -0.15) is 11.8 Å². The van der Waals surface area contributed by atoms with Crippen molar-refractivity contribution in [2.24, 2.45) is 5.73 Å². The van der Waals surface area contributed by atoms with E-state index >= 15 is 0 Å². The molecule has 1 fully saturated rings. The zero-order valence-corrected chi connectivity index (χ0v) is 11.8. The lowest BCUT2D eigenvalue weighted by Crippen LogP contribution is -2.22. The summed E-state index contributed by atoms with van der Waals surface area (Å²) in [6.07, 6.45) is 6.10. The normalized spacial score (nSPS) is 16.7. The predicted molar refractivity (Wildman–Crippen MR) is 79.4 cm³/mol. The first-order chi connectivity index (χ1) is 8.90. The van der Waals surface area contributed by atoms with Crippen LogP contribution in [-0.2, 0) is 6.42 Å². The Morgan fingerprint density at radius 1 is 1.17 bits per heavy atom. The van der Waals surface area contributed by atoms with Gasteiger partial charge < -0.3 is 10.5 Å². The SMILES string of the molecule is NCCCCc1ccccc1OC1CCSCC1. The lowest BCUT2D eigenvalue weighted by Gasteiger charge is -2.24. The number of thioether (sulfide) groups is 1. The van der Waals surface area contributed by atoms with Gasteiger partial charge in [-0.15, -0.1) is 0 Å². The van der Waals surface area contributed by atoms with Crippen molar-refractivity contribution in [3.63, 3.8) is 0 Å². The number of hydrogen-bond acceptors (Lipinski definition) is 3. The minimum Gasteiger partial charge on any atom is -0.490 e. The summed E-state index contributed by atoms with van der Waals surface area (Å²) in [5.74, 6) is 3.56. The summed E-state index contributed by atoms with van der Waals surface area (Å²) in [7, 11) is 0. The molecule has 0 bridgehead atoms. The molecule has 0 unspecified atom stereocenters. The third-order valence-electron chi connectivity index (χ3n) is 3.33. The molecule has 0 saturated carbocycles. The van der Waals surface area contributed by atoms with Crippen LogP contribution in [0.4, 0.5) is 0 Å². The summed E-state index contributed by atoms with van der Waals surface area (Å²) in [6.45, 7) is 0.781. The van der Waals surface area contributed by atoms with Gasteiger partial charge in [0.2, 0.25) is 0 Å². The van der Waals surface area contributed by atoms with E-state index in [4.69, 9.17) is 10.5 Å². The lowest BCUT2D eigenvalue weighted by molar-refractivity contribution is 0.190. The van der Waals surface area contributed by atoms with Gasteiger partial charge in [-0.05, 0) is 61.8 Å². The molecule has 100 valence electrons. The topological polar surface area (TPSA) is 35.2 Å². The highest BCUT2D eigenvalue weighted by molar-refractivity contribution is 7.99. The first-order valence-electron chi connectivity index (χ1n) is 6.92. The quantitative estimate of drug-likeness (QED) is 0.802. The molecule has 1 saturated heterocycles. The zero-order valence-electron chi connectivity index (χ0n) is 10.9. The Hall–Kier alpha value is -0.670. The minimum absolute atomic E-state index is 0.418. The molecule has 3 heteroatoms. The molecule has 2 N–H and O–H groups in total. The second kappa shape index (κ2) is 7.70. The van der Waals surface area contributed by atoms with Crippen molar-refractivity contribution >= 4 is 11.8 Å². The van der Waals surface area contributed by atoms with Gasteiger partial charge in [0.05, 0.1) is 0 Å². The molecule has 0 radical (unpaired) electrons. The smallest absolute Gasteiger partial charge is 0.122 e. The van der Waals surface area contributed by atoms with Crippen molar-refractivity contribution in [3.05, 3.63) is 29.8 Å². The number of nitrogens with two attached hydrogens (primary N) is 1. The monoisotopic (exact) mass is 265 g/mol. The second-order valence-electron chi connectivity index (χ2n) is 4.78. The first kappa shape index (κ1) is 13.8. The molecule has 2 nitrogen and oxygen atoms in total. The minimum atomic E-state index is 0.418. The van der Waals surface area contributed by atoms with Crippen LogP contribution in [-0.4, -0.2) is 24.2 Å². The van der Waals surface area contributed by atoms with Gasteiger partial charge in [-0.25, -0.2) is 0 Å². The Morgan fingerprint density at radius 2 is 1.94 bits per heavy atom. The number of unbranched alkanes of at least 4 members (excludes halogenated alkanes) is 1. The summed E-state index contributed by atoms with van der Waals surface area (Å²) >= 11 is 2.04. The maximum Gasteiger partial charge on any atom is 0.122 e. The van der Waals surface area contributed by atoms with Crippen LogP contribution >= 0.6 is 11.8 Å². The molecule has 1 aliphatic heterocycles. The van der Waals surface area contributed by atoms with Crippen molar-refractivity contribution in [1.29, 1.82) is 0 Å². The number of ether oxygens (including phenoxy) is 1. The van der Waals surface area contributed by atoms with E-state index in [2.05, 4.69) is 24.3 Å². The van der Waals surface area contributed by atoms with Gasteiger partial charge in [0, 0.05) is 0 Å². The lowest BCUT2D eigenvalue weighted by atomic mass is 10.1. The number of para-hydroxylation sites is 1. The second-order valence-corrected chi connectivity index (χ2v) is 6.01. The van der Waals surface area contributed by atoms with E-state index in [0.29, 0.717) is 6.10 Å². The van der Waals surface area contributed by atoms with Crippen LogP contribution in [0.3, 0.4) is 0 Å². The maximum absolute atomic E-state index is 6.17. The molecular formula is C15H23NOS. The van der Waals surface area contributed by atoms with Crippen LogP contribution < -0.4 is 10.5 Å². The molecule has 1 aliphatic rings. The average Bonchev–Trinajstić information content (AvgIpc) is 2.42. The first-order valence-corrected chi connectivity index (χ1v) is 8.08. The van der Waals surface area contributed by atoms with Crippen LogP contribution in [0.2, 0.25) is 0 Å². The molecule has 0 aliphatic carbocycles. The predicted octanol–water partition coefficient (Wildman–Crippen LogP) is 3.24. The fourth-order valence-electron chi connectivity index (χ4n) is 2.26. The van der Waals surface area contributed by atoms with Gasteiger partial charge in [-0.1, -0.05) is 18.2 Å². The summed E-state index contributed by atoms with van der Waals surface area (Å²) in [5, 5.41) is 0. The van der Waals surface area contributed by atoms with E-state index in [-0.39, 0.29) is 0 Å². The van der Waals surface area contributed by atoms with Gasteiger partial charge in [-0.3, -0.25) is 0 Å². The largest absolute Gasteiger partial charge is 0.490 e. The van der Waals surface area contributed by atoms with Crippen LogP contribution in [0.1, 0.15) is 31.2 Å². The van der Waals surface area contributed by atoms with Crippen molar-refractivity contribution in [2.45, 2.75) is 38.2 Å². The number of benzene rings is 1. The highest BCUT2D eigenvalue weighted by Crippen LogP contribution is 2.26. The van der Waals surface area contributed by atoms with Gasteiger partial charge in [0.1, 0.15) is 11.9 Å². The van der Waals surface area contributed by atoms with Crippen molar-refractivity contribution in [2.75, 3.05) is 18.1 Å². The molecule has 0 atom stereocenters. The Labute approximate surface area is 114 Å². The highest BCUT2D eigenvalue weighted by atomic mass is 32.2. The van der Waals surface area contributed by atoms with Crippen LogP contribution in [0, 0.1) is 0 Å². The van der Waals surface area contributed by atoms with Gasteiger partial charge in [0.25, 0.3) is 0 Å². The van der Waals surface area contributed by atoms with Crippen LogP contribution in [0.25, 0.3) is 0 Å². The molecule has 0 aromatic heterocycles. The molecule has 1 aromatic carbocycles. The fraction of sp³-hybridized carbons (Fsp3) is 0.600. The fourth-order valence-corrected chi connectivity index (χ4v) is 3.32. The molecule has 0 spiro atoms. The zero-order chi connectivity index (χ0) is 12.6. The van der Waals surface area contributed by atoms with Crippen molar-refractivity contribution < 1.29 is 4.74 Å². The molecule has 0 amide bonds. The Morgan fingerprint density at radius 3 is 2.72 bits per heavy atom. The Kier molecular flexibility index (Phi) is 5.88. The molecule has 1 heterocycles. The summed E-state index contributed by atoms with van der Waals surface area (Å²) in [4.78, 5) is 0. The van der Waals surface area contributed by atoms with Gasteiger partial charge >= 0.3 is 0 Å². The van der Waals surface area contributed by atoms with Crippen LogP contribution in [0.5, 0.6) is 5.75 Å². The standard InChI is InChI=1S/C15H23NOS/c16-10-4-3-6-13-5-1-2-7-15(13)17-14-8-11-18-12-9-14/h1-2,5,7,14H,3-4,6,8-12,16H2. The van der Waals surface area contributed by atoms with Gasteiger partial charge in [0.15, 0.2) is 0 Å². The maximum atomic E-state index is 6.17. The molecule has 18 heavy (non-hydrogen) atoms. The molecular weight excluding hydrogens is 242 g/mol. The third-order valence-corrected chi connectivity index (χ3v) is 4.38. The number of hydrogen-bond donors (Lipinski definition) is 1. The summed E-state index contributed by atoms with van der Waals surface area (Å²) in [5.41, 5.74) is 6.88. The highest BCUT2D eigenvalue weighted by Gasteiger charge is 2.16. The summed E-state index contributed by atoms with van der Waals surface area (Å²) in [6, 6.07) is 8.46. The van der Waals surface area contributed by atoms with Crippen LogP contribution in [0.15, 0.2) is 24.3 Å². The van der Waals surface area contributed by atoms with E-state index in [0.717, 1.165) is 31.6 Å². The third kappa shape index (κ3) is 4.21. The van der Waals surface area contributed by atoms with E-state index < -0.39 is 0 Å². The van der Waals surface area contributed by atoms with E-state index in [9.17, 15) is 0 Å². The Bertz CT molecular complexity index is 350. The molecule has 2 rings (SSSR count). The number of aryl methyl sites for hydroxylation is 1. The van der Waals surface area contributed by atoms with Crippen molar-refractivity contribution in [1.82, 2.24) is 0 Å². The number of rotatable bonds is 6. The van der Waals surface area contributed by atoms with E-state index in [1.807, 2.05) is 11.8 Å². The average molecular weight is 265 g/mol. The van der Waals surface area contributed by atoms with E-state index in [1.54, 1.807) is 0 Å².